The van der Waals surface area contributed by atoms with Crippen LogP contribution in [-0.4, -0.2) is 54.9 Å². The normalized spacial score (nSPS) is 15.4. The molecule has 25 heavy (non-hydrogen) atoms. The van der Waals surface area contributed by atoms with Crippen LogP contribution in [0.15, 0.2) is 0 Å². The van der Waals surface area contributed by atoms with Crippen LogP contribution in [0.25, 0.3) is 0 Å². The number of hydrogen-bond acceptors (Lipinski definition) is 5. The van der Waals surface area contributed by atoms with Crippen LogP contribution in [0.5, 0.6) is 0 Å². The van der Waals surface area contributed by atoms with Gasteiger partial charge in [0, 0.05) is 32.1 Å². The van der Waals surface area contributed by atoms with Gasteiger partial charge in [-0.3, -0.25) is 0 Å². The fraction of sp³-hybridized carbons (Fsp3) is 1.00. The molecule has 0 aliphatic heterocycles. The van der Waals surface area contributed by atoms with E-state index in [0.29, 0.717) is 25.5 Å². The van der Waals surface area contributed by atoms with Gasteiger partial charge in [0.05, 0.1) is 5.67 Å². The van der Waals surface area contributed by atoms with E-state index < -0.39 is 17.1 Å². The summed E-state index contributed by atoms with van der Waals surface area (Å²) in [4.78, 5) is 0. The summed E-state index contributed by atoms with van der Waals surface area (Å²) in [6.45, 7) is 19.7. The first-order valence-corrected chi connectivity index (χ1v) is 14.5. The van der Waals surface area contributed by atoms with Crippen LogP contribution in [0.4, 0.5) is 0 Å². The summed E-state index contributed by atoms with van der Waals surface area (Å²) in [5.41, 5.74) is 0.475. The third kappa shape index (κ3) is 6.72. The number of rotatable bonds is 16. The van der Waals surface area contributed by atoms with Crippen molar-refractivity contribution in [3.05, 3.63) is 0 Å². The van der Waals surface area contributed by atoms with Crippen LogP contribution in [0.2, 0.25) is 12.1 Å². The Kier molecular flexibility index (Phi) is 13.5. The smallest absolute Gasteiger partial charge is 0.416 e. The monoisotopic (exact) mass is 393 g/mol. The van der Waals surface area contributed by atoms with Gasteiger partial charge in [-0.1, -0.05) is 27.7 Å². The molecule has 0 spiro atoms. The SMILES string of the molecule is CCO[Si](CC)(CC)C(CC)NC(CC)[Si](OCC)(OCC)OCC. The van der Waals surface area contributed by atoms with Gasteiger partial charge in [0.2, 0.25) is 8.32 Å². The van der Waals surface area contributed by atoms with Gasteiger partial charge >= 0.3 is 8.80 Å². The van der Waals surface area contributed by atoms with Crippen molar-refractivity contribution in [1.82, 2.24) is 5.32 Å². The average Bonchev–Trinajstić information content (AvgIpc) is 2.61. The Morgan fingerprint density at radius 1 is 0.600 bits per heavy atom. The topological polar surface area (TPSA) is 49.0 Å². The Hall–Kier alpha value is 0.234. The van der Waals surface area contributed by atoms with Crippen LogP contribution < -0.4 is 5.32 Å². The summed E-state index contributed by atoms with van der Waals surface area (Å²) < 4.78 is 24.9. The molecule has 1 N–H and O–H groups in total. The summed E-state index contributed by atoms with van der Waals surface area (Å²) in [5, 5.41) is 3.90. The zero-order valence-corrected chi connectivity index (χ0v) is 19.9. The molecule has 0 amide bonds. The van der Waals surface area contributed by atoms with Crippen LogP contribution in [0, 0.1) is 0 Å². The van der Waals surface area contributed by atoms with E-state index in [1.807, 2.05) is 20.8 Å². The third-order valence-corrected chi connectivity index (χ3v) is 13.6. The second kappa shape index (κ2) is 13.4. The van der Waals surface area contributed by atoms with Crippen molar-refractivity contribution in [3.8, 4) is 0 Å². The molecule has 0 aromatic carbocycles. The van der Waals surface area contributed by atoms with E-state index in [1.54, 1.807) is 0 Å². The molecular weight excluding hydrogens is 350 g/mol. The Labute approximate surface area is 158 Å². The molecule has 0 radical (unpaired) electrons. The molecule has 0 fully saturated rings. The summed E-state index contributed by atoms with van der Waals surface area (Å²) in [6.07, 6.45) is 1.98. The van der Waals surface area contributed by atoms with Gasteiger partial charge in [-0.2, -0.15) is 0 Å². The Morgan fingerprint density at radius 2 is 1.00 bits per heavy atom. The van der Waals surface area contributed by atoms with Gasteiger partial charge in [0.15, 0.2) is 0 Å². The molecule has 0 aliphatic rings. The van der Waals surface area contributed by atoms with Gasteiger partial charge < -0.3 is 23.0 Å². The highest BCUT2D eigenvalue weighted by Crippen LogP contribution is 2.26. The fourth-order valence-electron chi connectivity index (χ4n) is 3.72. The van der Waals surface area contributed by atoms with E-state index >= 15 is 0 Å². The highest BCUT2D eigenvalue weighted by Gasteiger charge is 2.51. The molecule has 5 nitrogen and oxygen atoms in total. The Morgan fingerprint density at radius 3 is 1.28 bits per heavy atom. The number of nitrogens with one attached hydrogen (secondary N) is 1. The zero-order valence-electron chi connectivity index (χ0n) is 17.9. The van der Waals surface area contributed by atoms with Gasteiger partial charge in [0.25, 0.3) is 0 Å². The highest BCUT2D eigenvalue weighted by molar-refractivity contribution is 6.75. The molecule has 0 aromatic rings. The zero-order chi connectivity index (χ0) is 19.3. The molecular formula is C18H43NO4Si2. The molecule has 2 atom stereocenters. The summed E-state index contributed by atoms with van der Waals surface area (Å²) in [7, 11) is -4.63. The third-order valence-electron chi connectivity index (χ3n) is 4.95. The minimum atomic E-state index is -2.78. The molecule has 0 bridgehead atoms. The Bertz CT molecular complexity index is 313. The number of hydrogen-bond donors (Lipinski definition) is 1. The van der Waals surface area contributed by atoms with Gasteiger partial charge in [-0.15, -0.1) is 0 Å². The van der Waals surface area contributed by atoms with Crippen molar-refractivity contribution in [3.63, 3.8) is 0 Å². The lowest BCUT2D eigenvalue weighted by Crippen LogP contribution is -2.67. The quantitative estimate of drug-likeness (QED) is 0.397. The average molecular weight is 394 g/mol. The van der Waals surface area contributed by atoms with Crippen LogP contribution in [0.1, 0.15) is 68.2 Å². The van der Waals surface area contributed by atoms with Gasteiger partial charge in [0.1, 0.15) is 0 Å². The van der Waals surface area contributed by atoms with E-state index in [4.69, 9.17) is 17.7 Å². The van der Waals surface area contributed by atoms with E-state index in [0.717, 1.165) is 31.5 Å². The maximum Gasteiger partial charge on any atom is 0.518 e. The van der Waals surface area contributed by atoms with Crippen molar-refractivity contribution < 1.29 is 17.7 Å². The maximum absolute atomic E-state index is 6.39. The fourth-order valence-corrected chi connectivity index (χ4v) is 10.8. The molecule has 0 saturated heterocycles. The van der Waals surface area contributed by atoms with Gasteiger partial charge in [-0.25, -0.2) is 0 Å². The molecule has 7 heteroatoms. The molecule has 0 rings (SSSR count). The Balaban J connectivity index is 5.64. The minimum absolute atomic E-state index is 0.0998. The standard InChI is InChI=1S/C18H43NO4Si2/c1-9-17(24(15-7,16-8)20-11-3)19-18(10-2)25(21-12-4,22-13-5)23-14-6/h17-19H,9-16H2,1-8H3. The van der Waals surface area contributed by atoms with E-state index in [-0.39, 0.29) is 5.67 Å². The first-order chi connectivity index (χ1) is 12.0. The van der Waals surface area contributed by atoms with Crippen molar-refractivity contribution in [2.24, 2.45) is 0 Å². The maximum atomic E-state index is 6.39. The lowest BCUT2D eigenvalue weighted by atomic mass is 10.4. The van der Waals surface area contributed by atoms with E-state index in [1.165, 1.54) is 0 Å². The summed E-state index contributed by atoms with van der Waals surface area (Å²) in [5.74, 6) is 0. The predicted octanol–water partition coefficient (Wildman–Crippen LogP) is 4.28. The molecule has 0 aliphatic carbocycles. The molecule has 152 valence electrons. The molecule has 0 heterocycles. The van der Waals surface area contributed by atoms with Crippen molar-refractivity contribution in [2.75, 3.05) is 26.4 Å². The van der Waals surface area contributed by atoms with Gasteiger partial charge in [-0.05, 0) is 52.6 Å². The van der Waals surface area contributed by atoms with Crippen LogP contribution in [-0.2, 0) is 17.7 Å². The van der Waals surface area contributed by atoms with Crippen molar-refractivity contribution >= 4 is 17.1 Å². The molecule has 0 saturated carbocycles. The van der Waals surface area contributed by atoms with E-state index in [2.05, 4.69) is 39.9 Å². The first kappa shape index (κ1) is 25.2. The molecule has 0 aromatic heterocycles. The first-order valence-electron chi connectivity index (χ1n) is 10.3. The van der Waals surface area contributed by atoms with Crippen LogP contribution >= 0.6 is 0 Å². The lowest BCUT2D eigenvalue weighted by Gasteiger charge is -2.42. The molecule has 2 unspecified atom stereocenters. The van der Waals surface area contributed by atoms with Crippen molar-refractivity contribution in [1.29, 1.82) is 0 Å². The van der Waals surface area contributed by atoms with E-state index in [9.17, 15) is 0 Å². The minimum Gasteiger partial charge on any atom is -0.416 e. The predicted molar refractivity (Wildman–Crippen MR) is 110 cm³/mol. The highest BCUT2D eigenvalue weighted by atomic mass is 28.4. The summed E-state index contributed by atoms with van der Waals surface area (Å²) in [6, 6.07) is 2.23. The second-order valence-corrected chi connectivity index (χ2v) is 13.5. The summed E-state index contributed by atoms with van der Waals surface area (Å²) >= 11 is 0. The van der Waals surface area contributed by atoms with Crippen LogP contribution in [0.3, 0.4) is 0 Å². The largest absolute Gasteiger partial charge is 0.518 e. The second-order valence-electron chi connectivity index (χ2n) is 6.20. The lowest BCUT2D eigenvalue weighted by molar-refractivity contribution is 0.0563. The van der Waals surface area contributed by atoms with Crippen molar-refractivity contribution in [2.45, 2.75) is 91.6 Å².